The largest absolute Gasteiger partial charge is 0.479 e. The Bertz CT molecular complexity index is 365. The minimum absolute atomic E-state index is 0.0961. The minimum Gasteiger partial charge on any atom is -0.479 e. The van der Waals surface area contributed by atoms with Crippen molar-refractivity contribution in [3.8, 4) is 0 Å². The summed E-state index contributed by atoms with van der Waals surface area (Å²) in [7, 11) is 1.28. The van der Waals surface area contributed by atoms with Crippen LogP contribution in [0.2, 0.25) is 0 Å². The summed E-state index contributed by atoms with van der Waals surface area (Å²) in [6.45, 7) is 3.00. The van der Waals surface area contributed by atoms with Crippen LogP contribution in [0.3, 0.4) is 0 Å². The number of ether oxygens (including phenoxy) is 1. The fraction of sp³-hybridized carbons (Fsp3) is 0.636. The van der Waals surface area contributed by atoms with E-state index in [2.05, 4.69) is 5.32 Å². The highest BCUT2D eigenvalue weighted by molar-refractivity contribution is 5.81. The predicted octanol–water partition coefficient (Wildman–Crippen LogP) is -0.328. The molecule has 0 aliphatic heterocycles. The molecule has 3 atom stereocenters. The SMILES string of the molecule is COC1(C(=O)O)C=C(C)C(NC(C)=O)C(O)C1. The minimum atomic E-state index is -1.52. The zero-order chi connectivity index (χ0) is 13.2. The van der Waals surface area contributed by atoms with Gasteiger partial charge in [0, 0.05) is 20.5 Å². The first-order valence-electron chi connectivity index (χ1n) is 5.25. The number of carboxylic acid groups (broad SMARTS) is 1. The Morgan fingerprint density at radius 2 is 2.18 bits per heavy atom. The standard InChI is InChI=1S/C11H17NO5/c1-6-4-11(17-3,10(15)16)5-8(14)9(6)12-7(2)13/h4,8-9,14H,5H2,1-3H3,(H,12,13)(H,15,16). The number of amides is 1. The molecule has 6 heteroatoms. The second kappa shape index (κ2) is 4.85. The summed E-state index contributed by atoms with van der Waals surface area (Å²) in [6, 6.07) is -0.560. The molecule has 1 rings (SSSR count). The molecule has 0 heterocycles. The topological polar surface area (TPSA) is 95.9 Å². The van der Waals surface area contributed by atoms with E-state index < -0.39 is 23.7 Å². The number of aliphatic hydroxyl groups is 1. The molecule has 0 fully saturated rings. The highest BCUT2D eigenvalue weighted by Gasteiger charge is 2.45. The van der Waals surface area contributed by atoms with Gasteiger partial charge in [-0.2, -0.15) is 0 Å². The maximum absolute atomic E-state index is 11.2. The Hall–Kier alpha value is -1.40. The summed E-state index contributed by atoms with van der Waals surface area (Å²) < 4.78 is 4.99. The molecule has 0 aromatic rings. The average Bonchev–Trinajstić information content (AvgIpc) is 2.22. The number of carbonyl (C=O) groups excluding carboxylic acids is 1. The predicted molar refractivity (Wildman–Crippen MR) is 59.4 cm³/mol. The van der Waals surface area contributed by atoms with E-state index in [9.17, 15) is 14.7 Å². The summed E-state index contributed by atoms with van der Waals surface area (Å²) in [5.41, 5.74) is -0.943. The van der Waals surface area contributed by atoms with E-state index in [-0.39, 0.29) is 12.3 Å². The summed E-state index contributed by atoms with van der Waals surface area (Å²) in [5, 5.41) is 21.6. The lowest BCUT2D eigenvalue weighted by atomic mass is 9.82. The number of carboxylic acids is 1. The molecule has 0 radical (unpaired) electrons. The highest BCUT2D eigenvalue weighted by atomic mass is 16.5. The number of methoxy groups -OCH3 is 1. The van der Waals surface area contributed by atoms with Crippen LogP contribution in [-0.4, -0.2) is 46.9 Å². The first-order chi connectivity index (χ1) is 7.82. The molecule has 17 heavy (non-hydrogen) atoms. The van der Waals surface area contributed by atoms with Crippen molar-refractivity contribution in [2.24, 2.45) is 0 Å². The summed E-state index contributed by atoms with van der Waals surface area (Å²) in [6.07, 6.45) is 0.351. The van der Waals surface area contributed by atoms with Gasteiger partial charge in [0.15, 0.2) is 5.60 Å². The molecule has 6 nitrogen and oxygen atoms in total. The Labute approximate surface area is 99.3 Å². The van der Waals surface area contributed by atoms with Crippen molar-refractivity contribution in [1.29, 1.82) is 0 Å². The molecule has 1 aliphatic rings. The molecule has 0 aromatic carbocycles. The van der Waals surface area contributed by atoms with E-state index in [1.54, 1.807) is 6.92 Å². The van der Waals surface area contributed by atoms with Crippen molar-refractivity contribution in [3.63, 3.8) is 0 Å². The lowest BCUT2D eigenvalue weighted by Crippen LogP contribution is -2.54. The second-order valence-corrected chi connectivity index (χ2v) is 4.24. The summed E-state index contributed by atoms with van der Waals surface area (Å²) in [5.74, 6) is -1.43. The van der Waals surface area contributed by atoms with Gasteiger partial charge >= 0.3 is 5.97 Å². The molecule has 0 spiro atoms. The maximum atomic E-state index is 11.2. The number of hydrogen-bond acceptors (Lipinski definition) is 4. The summed E-state index contributed by atoms with van der Waals surface area (Å²) >= 11 is 0. The van der Waals surface area contributed by atoms with Gasteiger partial charge in [0.1, 0.15) is 0 Å². The second-order valence-electron chi connectivity index (χ2n) is 4.24. The third-order valence-corrected chi connectivity index (χ3v) is 2.93. The first kappa shape index (κ1) is 13.7. The van der Waals surface area contributed by atoms with Gasteiger partial charge in [-0.05, 0) is 18.6 Å². The van der Waals surface area contributed by atoms with Gasteiger partial charge in [-0.1, -0.05) is 0 Å². The maximum Gasteiger partial charge on any atom is 0.340 e. The number of aliphatic hydroxyl groups excluding tert-OH is 1. The quantitative estimate of drug-likeness (QED) is 0.590. The van der Waals surface area contributed by atoms with Gasteiger partial charge in [-0.15, -0.1) is 0 Å². The molecule has 96 valence electrons. The van der Waals surface area contributed by atoms with E-state index in [4.69, 9.17) is 9.84 Å². The van der Waals surface area contributed by atoms with Gasteiger partial charge in [-0.3, -0.25) is 4.79 Å². The Morgan fingerprint density at radius 1 is 1.59 bits per heavy atom. The van der Waals surface area contributed by atoms with Crippen LogP contribution in [0.4, 0.5) is 0 Å². The molecule has 3 N–H and O–H groups in total. The van der Waals surface area contributed by atoms with E-state index in [0.29, 0.717) is 5.57 Å². The van der Waals surface area contributed by atoms with Crippen LogP contribution in [0.15, 0.2) is 11.6 Å². The lowest BCUT2D eigenvalue weighted by molar-refractivity contribution is -0.160. The van der Waals surface area contributed by atoms with Crippen LogP contribution in [0, 0.1) is 0 Å². The molecule has 0 saturated heterocycles. The van der Waals surface area contributed by atoms with E-state index in [1.165, 1.54) is 20.1 Å². The summed E-state index contributed by atoms with van der Waals surface area (Å²) in [4.78, 5) is 22.1. The van der Waals surface area contributed by atoms with Crippen molar-refractivity contribution in [3.05, 3.63) is 11.6 Å². The number of rotatable bonds is 3. The Morgan fingerprint density at radius 3 is 2.53 bits per heavy atom. The number of carbonyl (C=O) groups is 2. The van der Waals surface area contributed by atoms with Crippen molar-refractivity contribution >= 4 is 11.9 Å². The van der Waals surface area contributed by atoms with Crippen molar-refractivity contribution in [1.82, 2.24) is 5.32 Å². The zero-order valence-electron chi connectivity index (χ0n) is 10.1. The third-order valence-electron chi connectivity index (χ3n) is 2.93. The number of nitrogens with one attached hydrogen (secondary N) is 1. The third kappa shape index (κ3) is 2.65. The molecular formula is C11H17NO5. The number of hydrogen-bond donors (Lipinski definition) is 3. The van der Waals surface area contributed by atoms with Crippen LogP contribution in [0.5, 0.6) is 0 Å². The highest BCUT2D eigenvalue weighted by Crippen LogP contribution is 2.30. The number of aliphatic carboxylic acids is 1. The zero-order valence-corrected chi connectivity index (χ0v) is 10.1. The van der Waals surface area contributed by atoms with Gasteiger partial charge in [-0.25, -0.2) is 4.79 Å². The smallest absolute Gasteiger partial charge is 0.340 e. The molecule has 1 aliphatic carbocycles. The van der Waals surface area contributed by atoms with Gasteiger partial charge in [0.25, 0.3) is 0 Å². The van der Waals surface area contributed by atoms with Crippen LogP contribution in [0.1, 0.15) is 20.3 Å². The fourth-order valence-corrected chi connectivity index (χ4v) is 2.06. The lowest BCUT2D eigenvalue weighted by Gasteiger charge is -2.37. The molecule has 0 saturated carbocycles. The Balaban J connectivity index is 3.04. The Kier molecular flexibility index (Phi) is 3.90. The monoisotopic (exact) mass is 243 g/mol. The van der Waals surface area contributed by atoms with Crippen LogP contribution < -0.4 is 5.32 Å². The fourth-order valence-electron chi connectivity index (χ4n) is 2.06. The van der Waals surface area contributed by atoms with Crippen LogP contribution >= 0.6 is 0 Å². The van der Waals surface area contributed by atoms with Crippen LogP contribution in [0.25, 0.3) is 0 Å². The van der Waals surface area contributed by atoms with Crippen molar-refractivity contribution < 1.29 is 24.5 Å². The first-order valence-corrected chi connectivity index (χ1v) is 5.25. The molecule has 0 aromatic heterocycles. The molecule has 1 amide bonds. The average molecular weight is 243 g/mol. The van der Waals surface area contributed by atoms with Gasteiger partial charge in [0.2, 0.25) is 5.91 Å². The molecule has 0 bridgehead atoms. The van der Waals surface area contributed by atoms with Crippen LogP contribution in [-0.2, 0) is 14.3 Å². The molecular weight excluding hydrogens is 226 g/mol. The van der Waals surface area contributed by atoms with Crippen molar-refractivity contribution in [2.45, 2.75) is 38.0 Å². The molecule has 3 unspecified atom stereocenters. The van der Waals surface area contributed by atoms with E-state index in [0.717, 1.165) is 0 Å². The van der Waals surface area contributed by atoms with Gasteiger partial charge in [0.05, 0.1) is 12.1 Å². The van der Waals surface area contributed by atoms with Gasteiger partial charge < -0.3 is 20.3 Å². The normalized spacial score (nSPS) is 32.8. The van der Waals surface area contributed by atoms with Crippen molar-refractivity contribution in [2.75, 3.05) is 7.11 Å². The van der Waals surface area contributed by atoms with E-state index >= 15 is 0 Å². The van der Waals surface area contributed by atoms with E-state index in [1.807, 2.05) is 0 Å².